The average molecular weight is 449 g/mol. The molecule has 1 saturated heterocycles. The fraction of sp³-hybridized carbons (Fsp3) is 0.455. The van der Waals surface area contributed by atoms with Crippen LogP contribution >= 0.6 is 11.3 Å². The predicted molar refractivity (Wildman–Crippen MR) is 119 cm³/mol. The molecule has 0 N–H and O–H groups in total. The van der Waals surface area contributed by atoms with Crippen molar-refractivity contribution in [2.75, 3.05) is 26.2 Å². The van der Waals surface area contributed by atoms with E-state index in [-0.39, 0.29) is 42.5 Å². The molecule has 1 fully saturated rings. The maximum Gasteiger partial charge on any atom is 0.243 e. The number of thiophene rings is 1. The van der Waals surface area contributed by atoms with Crippen LogP contribution in [0.25, 0.3) is 0 Å². The minimum Gasteiger partial charge on any atom is -0.340 e. The first-order chi connectivity index (χ1) is 14.1. The van der Waals surface area contributed by atoms with E-state index in [1.165, 1.54) is 4.31 Å². The third-order valence-electron chi connectivity index (χ3n) is 5.61. The first-order valence-electron chi connectivity index (χ1n) is 10.0. The lowest BCUT2D eigenvalue weighted by Gasteiger charge is -2.34. The van der Waals surface area contributed by atoms with Gasteiger partial charge in [-0.15, -0.1) is 11.3 Å². The van der Waals surface area contributed by atoms with Gasteiger partial charge in [0.15, 0.2) is 5.78 Å². The molecule has 1 amide bonds. The molecule has 6 nitrogen and oxygen atoms in total. The number of nitrogens with zero attached hydrogens (tertiary/aromatic N) is 2. The van der Waals surface area contributed by atoms with Crippen molar-refractivity contribution in [1.82, 2.24) is 9.21 Å². The summed E-state index contributed by atoms with van der Waals surface area (Å²) in [7, 11) is -3.57. The monoisotopic (exact) mass is 448 g/mol. The smallest absolute Gasteiger partial charge is 0.243 e. The Hall–Kier alpha value is -2.03. The molecule has 1 aromatic carbocycles. The number of ketones is 1. The number of carbonyl (C=O) groups excluding carboxylic acids is 2. The van der Waals surface area contributed by atoms with Gasteiger partial charge in [0.2, 0.25) is 15.9 Å². The summed E-state index contributed by atoms with van der Waals surface area (Å²) in [6.07, 6.45) is 0.327. The van der Waals surface area contributed by atoms with Gasteiger partial charge in [0.05, 0.1) is 4.90 Å². The molecule has 0 spiro atoms. The molecule has 1 aromatic heterocycles. The van der Waals surface area contributed by atoms with E-state index in [1.54, 1.807) is 28.4 Å². The Balaban J connectivity index is 1.55. The Morgan fingerprint density at radius 1 is 0.933 bits per heavy atom. The highest BCUT2D eigenvalue weighted by molar-refractivity contribution is 7.89. The van der Waals surface area contributed by atoms with Crippen LogP contribution in [0.4, 0.5) is 0 Å². The normalized spacial score (nSPS) is 15.4. The second-order valence-electron chi connectivity index (χ2n) is 7.78. The zero-order valence-corrected chi connectivity index (χ0v) is 19.5. The van der Waals surface area contributed by atoms with Crippen molar-refractivity contribution < 1.29 is 18.0 Å². The number of amides is 1. The average Bonchev–Trinajstić information content (AvgIpc) is 3.06. The number of carbonyl (C=O) groups is 2. The quantitative estimate of drug-likeness (QED) is 0.634. The zero-order valence-electron chi connectivity index (χ0n) is 17.9. The molecule has 0 unspecified atom stereocenters. The maximum absolute atomic E-state index is 12.9. The van der Waals surface area contributed by atoms with Crippen molar-refractivity contribution in [3.8, 4) is 0 Å². The van der Waals surface area contributed by atoms with Gasteiger partial charge >= 0.3 is 0 Å². The van der Waals surface area contributed by atoms with Crippen LogP contribution in [0.3, 0.4) is 0 Å². The Kier molecular flexibility index (Phi) is 6.79. The molecule has 3 rings (SSSR count). The molecule has 30 heavy (non-hydrogen) atoms. The van der Waals surface area contributed by atoms with Gasteiger partial charge in [-0.05, 0) is 57.0 Å². The lowest BCUT2D eigenvalue weighted by molar-refractivity contribution is -0.132. The number of Topliss-reactive ketones (excluding diaryl/α,β-unsaturated/α-hetero) is 1. The molecule has 0 radical (unpaired) electrons. The van der Waals surface area contributed by atoms with E-state index >= 15 is 0 Å². The van der Waals surface area contributed by atoms with E-state index in [1.807, 2.05) is 39.8 Å². The SMILES string of the molecule is Cc1cc(C(=O)CCC(=O)N2CCN(S(=O)(=O)c3ccc(C)c(C)c3)CC2)c(C)s1. The van der Waals surface area contributed by atoms with Crippen LogP contribution in [0.1, 0.15) is 44.1 Å². The lowest BCUT2D eigenvalue weighted by Crippen LogP contribution is -2.50. The third-order valence-corrected chi connectivity index (χ3v) is 8.48. The van der Waals surface area contributed by atoms with Gasteiger partial charge in [-0.1, -0.05) is 6.07 Å². The highest BCUT2D eigenvalue weighted by atomic mass is 32.2. The summed E-state index contributed by atoms with van der Waals surface area (Å²) in [5.74, 6) is -0.114. The zero-order chi connectivity index (χ0) is 22.1. The number of benzene rings is 1. The summed E-state index contributed by atoms with van der Waals surface area (Å²) in [6.45, 7) is 8.93. The molecule has 0 atom stereocenters. The van der Waals surface area contributed by atoms with E-state index in [2.05, 4.69) is 0 Å². The summed E-state index contributed by atoms with van der Waals surface area (Å²) in [5.41, 5.74) is 2.69. The van der Waals surface area contributed by atoms with Gasteiger partial charge in [-0.3, -0.25) is 9.59 Å². The minimum atomic E-state index is -3.57. The highest BCUT2D eigenvalue weighted by Gasteiger charge is 2.30. The predicted octanol–water partition coefficient (Wildman–Crippen LogP) is 3.48. The molecular formula is C22H28N2O4S2. The van der Waals surface area contributed by atoms with E-state index in [0.29, 0.717) is 18.7 Å². The van der Waals surface area contributed by atoms with Gasteiger partial charge in [-0.2, -0.15) is 4.31 Å². The summed E-state index contributed by atoms with van der Waals surface area (Å²) < 4.78 is 27.3. The van der Waals surface area contributed by atoms with Gasteiger partial charge in [0.25, 0.3) is 0 Å². The Morgan fingerprint density at radius 2 is 1.60 bits per heavy atom. The molecule has 2 aromatic rings. The highest BCUT2D eigenvalue weighted by Crippen LogP contribution is 2.23. The van der Waals surface area contributed by atoms with Crippen LogP contribution in [-0.4, -0.2) is 55.5 Å². The van der Waals surface area contributed by atoms with Gasteiger partial charge in [-0.25, -0.2) is 8.42 Å². The van der Waals surface area contributed by atoms with Crippen LogP contribution in [0.5, 0.6) is 0 Å². The van der Waals surface area contributed by atoms with Crippen molar-refractivity contribution in [3.63, 3.8) is 0 Å². The standard InChI is InChI=1S/C22H28N2O4S2/c1-15-5-6-19(13-16(15)2)30(27,28)24-11-9-23(10-12-24)22(26)8-7-21(25)20-14-17(3)29-18(20)4/h5-6,13-14H,7-12H2,1-4H3. The summed E-state index contributed by atoms with van der Waals surface area (Å²) in [5, 5.41) is 0. The molecule has 1 aliphatic rings. The number of hydrogen-bond acceptors (Lipinski definition) is 5. The lowest BCUT2D eigenvalue weighted by atomic mass is 10.1. The molecule has 0 bridgehead atoms. The molecule has 2 heterocycles. The number of aryl methyl sites for hydroxylation is 4. The van der Waals surface area contributed by atoms with Crippen LogP contribution in [0, 0.1) is 27.7 Å². The Morgan fingerprint density at radius 3 is 2.17 bits per heavy atom. The molecule has 0 aliphatic carbocycles. The van der Waals surface area contributed by atoms with E-state index in [9.17, 15) is 18.0 Å². The summed E-state index contributed by atoms with van der Waals surface area (Å²) in [6, 6.07) is 7.02. The number of rotatable bonds is 6. The number of sulfonamides is 1. The van der Waals surface area contributed by atoms with Crippen LogP contribution in [0.15, 0.2) is 29.2 Å². The molecule has 1 aliphatic heterocycles. The van der Waals surface area contributed by atoms with Crippen molar-refractivity contribution in [3.05, 3.63) is 50.7 Å². The Labute approximate surface area is 182 Å². The number of hydrogen-bond donors (Lipinski definition) is 0. The van der Waals surface area contributed by atoms with Crippen molar-refractivity contribution in [2.45, 2.75) is 45.4 Å². The van der Waals surface area contributed by atoms with Gasteiger partial charge < -0.3 is 4.90 Å². The summed E-state index contributed by atoms with van der Waals surface area (Å²) >= 11 is 1.58. The molecule has 8 heteroatoms. The van der Waals surface area contributed by atoms with Crippen molar-refractivity contribution in [2.24, 2.45) is 0 Å². The second-order valence-corrected chi connectivity index (χ2v) is 11.2. The Bertz CT molecular complexity index is 1060. The van der Waals surface area contributed by atoms with E-state index in [0.717, 1.165) is 20.9 Å². The van der Waals surface area contributed by atoms with Crippen LogP contribution in [-0.2, 0) is 14.8 Å². The molecular weight excluding hydrogens is 420 g/mol. The molecule has 162 valence electrons. The van der Waals surface area contributed by atoms with Gasteiger partial charge in [0, 0.05) is 54.3 Å². The van der Waals surface area contributed by atoms with Crippen molar-refractivity contribution in [1.29, 1.82) is 0 Å². The van der Waals surface area contributed by atoms with E-state index < -0.39 is 10.0 Å². The van der Waals surface area contributed by atoms with Gasteiger partial charge in [0.1, 0.15) is 0 Å². The first-order valence-corrected chi connectivity index (χ1v) is 12.3. The van der Waals surface area contributed by atoms with Crippen LogP contribution in [0.2, 0.25) is 0 Å². The van der Waals surface area contributed by atoms with E-state index in [4.69, 9.17) is 0 Å². The maximum atomic E-state index is 12.9. The first kappa shape index (κ1) is 22.7. The van der Waals surface area contributed by atoms with Crippen LogP contribution < -0.4 is 0 Å². The fourth-order valence-electron chi connectivity index (χ4n) is 3.62. The second kappa shape index (κ2) is 8.99. The van der Waals surface area contributed by atoms with Crippen molar-refractivity contribution >= 4 is 33.1 Å². The number of piperazine rings is 1. The molecule has 0 saturated carbocycles. The largest absolute Gasteiger partial charge is 0.340 e. The topological polar surface area (TPSA) is 74.8 Å². The third kappa shape index (κ3) is 4.82. The minimum absolute atomic E-state index is 0.0128. The summed E-state index contributed by atoms with van der Waals surface area (Å²) in [4.78, 5) is 29.0. The fourth-order valence-corrected chi connectivity index (χ4v) is 6.07.